The van der Waals surface area contributed by atoms with Crippen molar-refractivity contribution < 1.29 is 0 Å². The highest BCUT2D eigenvalue weighted by atomic mass is 35.5. The molecule has 0 radical (unpaired) electrons. The highest BCUT2D eigenvalue weighted by Crippen LogP contribution is 2.44. The predicted molar refractivity (Wildman–Crippen MR) is 73.5 cm³/mol. The maximum atomic E-state index is 6.32. The van der Waals surface area contributed by atoms with Crippen LogP contribution in [0.25, 0.3) is 0 Å². The Morgan fingerprint density at radius 3 is 2.61 bits per heavy atom. The average Bonchev–Trinajstić information content (AvgIpc) is 3.19. The molecule has 3 nitrogen and oxygen atoms in total. The molecule has 0 unspecified atom stereocenters. The van der Waals surface area contributed by atoms with E-state index in [1.165, 1.54) is 24.0 Å². The van der Waals surface area contributed by atoms with E-state index in [0.29, 0.717) is 11.9 Å². The zero-order valence-electron chi connectivity index (χ0n) is 10.2. The first-order valence-corrected chi connectivity index (χ1v) is 6.46. The smallest absolute Gasteiger partial charge is 0.227 e. The van der Waals surface area contributed by atoms with Gasteiger partial charge in [0.05, 0.1) is 0 Å². The summed E-state index contributed by atoms with van der Waals surface area (Å²) in [7, 11) is 0. The topological polar surface area (TPSA) is 37.8 Å². The molecule has 4 heteroatoms. The van der Waals surface area contributed by atoms with Crippen LogP contribution in [0.1, 0.15) is 29.9 Å². The highest BCUT2D eigenvalue weighted by molar-refractivity contribution is 6.31. The third kappa shape index (κ3) is 2.31. The van der Waals surface area contributed by atoms with Crippen molar-refractivity contribution in [2.24, 2.45) is 0 Å². The third-order valence-corrected chi connectivity index (χ3v) is 3.50. The minimum Gasteiger partial charge on any atom is -0.324 e. The van der Waals surface area contributed by atoms with Crippen LogP contribution in [0.2, 0.25) is 5.02 Å². The van der Waals surface area contributed by atoms with Gasteiger partial charge in [0.15, 0.2) is 0 Å². The summed E-state index contributed by atoms with van der Waals surface area (Å²) in [6, 6.07) is 5.94. The minimum atomic E-state index is 0.593. The Bertz CT molecular complexity index is 565. The molecule has 0 amide bonds. The van der Waals surface area contributed by atoms with Crippen LogP contribution >= 0.6 is 11.6 Å². The van der Waals surface area contributed by atoms with Crippen LogP contribution in [-0.4, -0.2) is 9.97 Å². The molecule has 1 aliphatic carbocycles. The fourth-order valence-electron chi connectivity index (χ4n) is 2.03. The molecular formula is C14H14ClN3. The van der Waals surface area contributed by atoms with Crippen molar-refractivity contribution in [3.63, 3.8) is 0 Å². The Labute approximate surface area is 111 Å². The SMILES string of the molecule is Cc1cc(C2CC2)c(Cl)cc1Nc1ncccn1. The summed E-state index contributed by atoms with van der Waals surface area (Å²) in [6.45, 7) is 2.08. The summed E-state index contributed by atoms with van der Waals surface area (Å²) < 4.78 is 0. The van der Waals surface area contributed by atoms with Gasteiger partial charge in [-0.15, -0.1) is 0 Å². The molecule has 1 heterocycles. The number of hydrogen-bond acceptors (Lipinski definition) is 3. The Kier molecular flexibility index (Phi) is 2.92. The predicted octanol–water partition coefficient (Wildman–Crippen LogP) is 4.06. The Hall–Kier alpha value is -1.61. The van der Waals surface area contributed by atoms with Gasteiger partial charge in [0.2, 0.25) is 5.95 Å². The quantitative estimate of drug-likeness (QED) is 0.903. The Morgan fingerprint density at radius 2 is 1.94 bits per heavy atom. The van der Waals surface area contributed by atoms with E-state index in [0.717, 1.165) is 10.7 Å². The van der Waals surface area contributed by atoms with Crippen molar-refractivity contribution in [2.45, 2.75) is 25.7 Å². The fraction of sp³-hybridized carbons (Fsp3) is 0.286. The first-order chi connectivity index (χ1) is 8.74. The summed E-state index contributed by atoms with van der Waals surface area (Å²) in [5, 5.41) is 4.03. The van der Waals surface area contributed by atoms with Gasteiger partial charge in [0.1, 0.15) is 0 Å². The number of benzene rings is 1. The van der Waals surface area contributed by atoms with E-state index in [-0.39, 0.29) is 0 Å². The van der Waals surface area contributed by atoms with Gasteiger partial charge in [0, 0.05) is 23.1 Å². The largest absolute Gasteiger partial charge is 0.324 e. The van der Waals surface area contributed by atoms with Crippen LogP contribution in [0, 0.1) is 6.92 Å². The summed E-state index contributed by atoms with van der Waals surface area (Å²) in [4.78, 5) is 8.30. The van der Waals surface area contributed by atoms with Crippen molar-refractivity contribution in [1.82, 2.24) is 9.97 Å². The number of aromatic nitrogens is 2. The molecule has 1 N–H and O–H groups in total. The van der Waals surface area contributed by atoms with Gasteiger partial charge in [-0.1, -0.05) is 17.7 Å². The Balaban J connectivity index is 1.90. The van der Waals surface area contributed by atoms with Crippen LogP contribution in [0.3, 0.4) is 0 Å². The maximum absolute atomic E-state index is 6.32. The van der Waals surface area contributed by atoms with E-state index in [1.54, 1.807) is 18.5 Å². The number of anilines is 2. The average molecular weight is 260 g/mol. The maximum Gasteiger partial charge on any atom is 0.227 e. The molecular weight excluding hydrogens is 246 g/mol. The summed E-state index contributed by atoms with van der Waals surface area (Å²) in [5.74, 6) is 1.26. The van der Waals surface area contributed by atoms with E-state index >= 15 is 0 Å². The van der Waals surface area contributed by atoms with E-state index in [2.05, 4.69) is 28.3 Å². The lowest BCUT2D eigenvalue weighted by Crippen LogP contribution is -1.98. The number of nitrogens with zero attached hydrogens (tertiary/aromatic N) is 2. The van der Waals surface area contributed by atoms with Crippen molar-refractivity contribution in [3.05, 3.63) is 46.7 Å². The molecule has 0 atom stereocenters. The molecule has 92 valence electrons. The number of aryl methyl sites for hydroxylation is 1. The molecule has 2 aromatic rings. The van der Waals surface area contributed by atoms with Crippen LogP contribution in [0.5, 0.6) is 0 Å². The van der Waals surface area contributed by atoms with E-state index < -0.39 is 0 Å². The Morgan fingerprint density at radius 1 is 1.22 bits per heavy atom. The van der Waals surface area contributed by atoms with Crippen molar-refractivity contribution >= 4 is 23.2 Å². The zero-order valence-corrected chi connectivity index (χ0v) is 10.9. The molecule has 1 aliphatic rings. The van der Waals surface area contributed by atoms with Crippen LogP contribution < -0.4 is 5.32 Å². The number of rotatable bonds is 3. The van der Waals surface area contributed by atoms with Crippen molar-refractivity contribution in [1.29, 1.82) is 0 Å². The van der Waals surface area contributed by atoms with Gasteiger partial charge in [-0.05, 0) is 48.9 Å². The summed E-state index contributed by atoms with van der Waals surface area (Å²) in [6.07, 6.45) is 5.94. The lowest BCUT2D eigenvalue weighted by molar-refractivity contribution is 1.12. The minimum absolute atomic E-state index is 0.593. The van der Waals surface area contributed by atoms with Crippen molar-refractivity contribution in [3.8, 4) is 0 Å². The first kappa shape index (κ1) is 11.5. The normalized spacial score (nSPS) is 14.6. The second-order valence-corrected chi connectivity index (χ2v) is 5.07. The molecule has 1 aromatic carbocycles. The van der Waals surface area contributed by atoms with E-state index in [1.807, 2.05) is 6.07 Å². The fourth-order valence-corrected chi connectivity index (χ4v) is 2.35. The van der Waals surface area contributed by atoms with Gasteiger partial charge < -0.3 is 5.32 Å². The highest BCUT2D eigenvalue weighted by Gasteiger charge is 2.26. The van der Waals surface area contributed by atoms with Gasteiger partial charge in [-0.25, -0.2) is 9.97 Å². The molecule has 0 saturated heterocycles. The third-order valence-electron chi connectivity index (χ3n) is 3.17. The molecule has 0 aliphatic heterocycles. The molecule has 1 aromatic heterocycles. The monoisotopic (exact) mass is 259 g/mol. The van der Waals surface area contributed by atoms with Crippen molar-refractivity contribution in [2.75, 3.05) is 5.32 Å². The second-order valence-electron chi connectivity index (χ2n) is 4.66. The zero-order chi connectivity index (χ0) is 12.5. The van der Waals surface area contributed by atoms with Crippen LogP contribution in [0.4, 0.5) is 11.6 Å². The summed E-state index contributed by atoms with van der Waals surface area (Å²) >= 11 is 6.32. The van der Waals surface area contributed by atoms with E-state index in [9.17, 15) is 0 Å². The molecule has 0 spiro atoms. The van der Waals surface area contributed by atoms with Crippen LogP contribution in [-0.2, 0) is 0 Å². The lowest BCUT2D eigenvalue weighted by Gasteiger charge is -2.11. The lowest BCUT2D eigenvalue weighted by atomic mass is 10.1. The molecule has 1 fully saturated rings. The number of nitrogens with one attached hydrogen (secondary N) is 1. The molecule has 0 bridgehead atoms. The second kappa shape index (κ2) is 4.58. The first-order valence-electron chi connectivity index (χ1n) is 6.08. The molecule has 3 rings (SSSR count). The van der Waals surface area contributed by atoms with Gasteiger partial charge in [-0.2, -0.15) is 0 Å². The van der Waals surface area contributed by atoms with Crippen LogP contribution in [0.15, 0.2) is 30.6 Å². The number of halogens is 1. The number of hydrogen-bond donors (Lipinski definition) is 1. The van der Waals surface area contributed by atoms with E-state index in [4.69, 9.17) is 11.6 Å². The van der Waals surface area contributed by atoms with Gasteiger partial charge >= 0.3 is 0 Å². The van der Waals surface area contributed by atoms with Gasteiger partial charge in [0.25, 0.3) is 0 Å². The standard InChI is InChI=1S/C14H14ClN3/c1-9-7-11(10-3-4-10)12(15)8-13(9)18-14-16-5-2-6-17-14/h2,5-8,10H,3-4H2,1H3,(H,16,17,18). The summed E-state index contributed by atoms with van der Waals surface area (Å²) in [5.41, 5.74) is 3.41. The molecule has 18 heavy (non-hydrogen) atoms. The van der Waals surface area contributed by atoms with Gasteiger partial charge in [-0.3, -0.25) is 0 Å². The molecule has 1 saturated carbocycles.